The van der Waals surface area contributed by atoms with Crippen LogP contribution in [-0.4, -0.2) is 40.4 Å². The van der Waals surface area contributed by atoms with Crippen LogP contribution in [0, 0.1) is 5.41 Å². The Balaban J connectivity index is 2.54. The molecule has 1 aromatic rings. The Morgan fingerprint density at radius 3 is 2.19 bits per heavy atom. The van der Waals surface area contributed by atoms with E-state index in [2.05, 4.69) is 0 Å². The van der Waals surface area contributed by atoms with Gasteiger partial charge in [-0.3, -0.25) is 9.59 Å². The highest BCUT2D eigenvalue weighted by atomic mass is 16.6. The number of benzene rings is 1. The summed E-state index contributed by atoms with van der Waals surface area (Å²) < 4.78 is 10.6. The topological polar surface area (TPSA) is 119 Å². The molecule has 1 unspecified atom stereocenters. The van der Waals surface area contributed by atoms with Crippen molar-refractivity contribution in [1.82, 2.24) is 0 Å². The molecular formula is C19H29NO6. The Labute approximate surface area is 154 Å². The summed E-state index contributed by atoms with van der Waals surface area (Å²) in [5, 5.41) is 18.8. The molecule has 4 N–H and O–H groups in total. The number of ether oxygens (including phenoxy) is 2. The highest BCUT2D eigenvalue weighted by Crippen LogP contribution is 2.25. The van der Waals surface area contributed by atoms with Crippen molar-refractivity contribution in [2.45, 2.75) is 65.7 Å². The molecule has 0 aliphatic rings. The second kappa shape index (κ2) is 8.89. The van der Waals surface area contributed by atoms with Crippen LogP contribution in [0.5, 0.6) is 11.5 Å². The normalized spacial score (nSPS) is 15.0. The second-order valence-corrected chi connectivity index (χ2v) is 7.71. The second-order valence-electron chi connectivity index (χ2n) is 7.71. The zero-order chi connectivity index (χ0) is 20.1. The Kier molecular flexibility index (Phi) is 7.44. The Bertz CT molecular complexity index is 637. The highest BCUT2D eigenvalue weighted by molar-refractivity contribution is 5.76. The number of hydrogen-bond acceptors (Lipinski definition) is 7. The lowest BCUT2D eigenvalue weighted by atomic mass is 9.92. The van der Waals surface area contributed by atoms with Gasteiger partial charge in [0.25, 0.3) is 0 Å². The molecule has 0 radical (unpaired) electrons. The number of carbonyl (C=O) groups excluding carboxylic acids is 2. The van der Waals surface area contributed by atoms with E-state index in [1.54, 1.807) is 19.9 Å². The molecule has 0 bridgehead atoms. The van der Waals surface area contributed by atoms with Gasteiger partial charge in [0.05, 0.1) is 6.42 Å². The third kappa shape index (κ3) is 7.31. The Morgan fingerprint density at radius 2 is 1.65 bits per heavy atom. The van der Waals surface area contributed by atoms with Gasteiger partial charge in [-0.25, -0.2) is 0 Å². The third-order valence-corrected chi connectivity index (χ3v) is 3.75. The maximum atomic E-state index is 12.1. The van der Waals surface area contributed by atoms with E-state index in [0.29, 0.717) is 5.56 Å². The molecular weight excluding hydrogens is 338 g/mol. The van der Waals surface area contributed by atoms with Crippen LogP contribution in [0.25, 0.3) is 0 Å². The number of phenolic OH excluding ortho intramolecular Hbond substituents is 2. The predicted molar refractivity (Wildman–Crippen MR) is 96.6 cm³/mol. The largest absolute Gasteiger partial charge is 0.504 e. The van der Waals surface area contributed by atoms with E-state index >= 15 is 0 Å². The first-order chi connectivity index (χ1) is 11.9. The average molecular weight is 367 g/mol. The fourth-order valence-corrected chi connectivity index (χ4v) is 2.18. The number of hydrogen-bond donors (Lipinski definition) is 3. The lowest BCUT2D eigenvalue weighted by Gasteiger charge is -2.24. The van der Waals surface area contributed by atoms with Crippen LogP contribution in [0.4, 0.5) is 0 Å². The Hall–Kier alpha value is -2.28. The highest BCUT2D eigenvalue weighted by Gasteiger charge is 2.26. The predicted octanol–water partition coefficient (Wildman–Crippen LogP) is 2.27. The van der Waals surface area contributed by atoms with Crippen molar-refractivity contribution in [3.8, 4) is 11.5 Å². The van der Waals surface area contributed by atoms with Gasteiger partial charge >= 0.3 is 11.9 Å². The molecule has 26 heavy (non-hydrogen) atoms. The zero-order valence-electron chi connectivity index (χ0n) is 16.0. The minimum atomic E-state index is -0.945. The molecule has 0 saturated heterocycles. The van der Waals surface area contributed by atoms with Crippen LogP contribution in [0.2, 0.25) is 0 Å². The molecule has 7 nitrogen and oxygen atoms in total. The number of aromatic hydroxyl groups is 2. The van der Waals surface area contributed by atoms with Crippen LogP contribution in [0.3, 0.4) is 0 Å². The van der Waals surface area contributed by atoms with Crippen LogP contribution in [-0.2, 0) is 25.5 Å². The molecule has 0 saturated carbocycles. The van der Waals surface area contributed by atoms with E-state index in [4.69, 9.17) is 15.2 Å². The molecule has 0 amide bonds. The number of esters is 2. The van der Waals surface area contributed by atoms with Crippen LogP contribution in [0.15, 0.2) is 18.2 Å². The molecule has 1 rings (SSSR count). The van der Waals surface area contributed by atoms with E-state index in [9.17, 15) is 19.8 Å². The maximum absolute atomic E-state index is 12.1. The van der Waals surface area contributed by atoms with Gasteiger partial charge < -0.3 is 25.4 Å². The molecule has 146 valence electrons. The van der Waals surface area contributed by atoms with Gasteiger partial charge in [0.1, 0.15) is 18.2 Å². The van der Waals surface area contributed by atoms with E-state index in [0.717, 1.165) is 0 Å². The lowest BCUT2D eigenvalue weighted by Crippen LogP contribution is -2.39. The average Bonchev–Trinajstić information content (AvgIpc) is 2.48. The summed E-state index contributed by atoms with van der Waals surface area (Å²) >= 11 is 0. The fourth-order valence-electron chi connectivity index (χ4n) is 2.18. The van der Waals surface area contributed by atoms with Crippen molar-refractivity contribution < 1.29 is 29.3 Å². The van der Waals surface area contributed by atoms with E-state index in [1.807, 2.05) is 20.8 Å². The van der Waals surface area contributed by atoms with Gasteiger partial charge in [0, 0.05) is 0 Å². The SMILES string of the molecule is CC(OC(=O)CC(C)(C)C)[C@H](C)OC(=O)[C@@H](N)Cc1ccc(O)c(O)c1. The van der Waals surface area contributed by atoms with Crippen LogP contribution >= 0.6 is 0 Å². The van der Waals surface area contributed by atoms with Gasteiger partial charge in [-0.2, -0.15) is 0 Å². The Morgan fingerprint density at radius 1 is 1.08 bits per heavy atom. The minimum Gasteiger partial charge on any atom is -0.504 e. The van der Waals surface area contributed by atoms with Crippen LogP contribution in [0.1, 0.15) is 46.6 Å². The summed E-state index contributed by atoms with van der Waals surface area (Å²) in [6.45, 7) is 9.08. The molecule has 0 aromatic heterocycles. The van der Waals surface area contributed by atoms with Crippen molar-refractivity contribution in [2.75, 3.05) is 0 Å². The van der Waals surface area contributed by atoms with E-state index in [1.165, 1.54) is 12.1 Å². The summed E-state index contributed by atoms with van der Waals surface area (Å²) in [7, 11) is 0. The van der Waals surface area contributed by atoms with Gasteiger partial charge in [0.15, 0.2) is 11.5 Å². The summed E-state index contributed by atoms with van der Waals surface area (Å²) in [6.07, 6.45) is -0.844. The monoisotopic (exact) mass is 367 g/mol. The number of phenols is 2. The summed E-state index contributed by atoms with van der Waals surface area (Å²) in [5.74, 6) is -1.51. The first-order valence-electron chi connectivity index (χ1n) is 8.55. The quantitative estimate of drug-likeness (QED) is 0.499. The fraction of sp³-hybridized carbons (Fsp3) is 0.579. The van der Waals surface area contributed by atoms with Gasteiger partial charge in [0.2, 0.25) is 0 Å². The van der Waals surface area contributed by atoms with E-state index in [-0.39, 0.29) is 35.7 Å². The van der Waals surface area contributed by atoms with Crippen molar-refractivity contribution >= 4 is 11.9 Å². The first-order valence-corrected chi connectivity index (χ1v) is 8.55. The number of carbonyl (C=O) groups is 2. The number of nitrogens with two attached hydrogens (primary N) is 1. The van der Waals surface area contributed by atoms with Gasteiger partial charge in [-0.1, -0.05) is 26.8 Å². The smallest absolute Gasteiger partial charge is 0.323 e. The van der Waals surface area contributed by atoms with Crippen LogP contribution < -0.4 is 5.73 Å². The minimum absolute atomic E-state index is 0.136. The summed E-state index contributed by atoms with van der Waals surface area (Å²) in [4.78, 5) is 24.0. The summed E-state index contributed by atoms with van der Waals surface area (Å²) in [5.41, 5.74) is 6.24. The molecule has 0 aliphatic heterocycles. The lowest BCUT2D eigenvalue weighted by molar-refractivity contribution is -0.167. The molecule has 3 atom stereocenters. The van der Waals surface area contributed by atoms with Gasteiger partial charge in [-0.15, -0.1) is 0 Å². The molecule has 0 heterocycles. The molecule has 0 aliphatic carbocycles. The zero-order valence-corrected chi connectivity index (χ0v) is 16.0. The third-order valence-electron chi connectivity index (χ3n) is 3.75. The summed E-state index contributed by atoms with van der Waals surface area (Å²) in [6, 6.07) is 3.27. The maximum Gasteiger partial charge on any atom is 0.323 e. The van der Waals surface area contributed by atoms with Crippen molar-refractivity contribution in [3.05, 3.63) is 23.8 Å². The van der Waals surface area contributed by atoms with E-state index < -0.39 is 24.2 Å². The molecule has 0 spiro atoms. The van der Waals surface area contributed by atoms with Crippen molar-refractivity contribution in [3.63, 3.8) is 0 Å². The molecule has 7 heteroatoms. The molecule has 1 aromatic carbocycles. The van der Waals surface area contributed by atoms with Crippen molar-refractivity contribution in [2.24, 2.45) is 11.1 Å². The standard InChI is InChI=1S/C19H29NO6/c1-11(25-17(23)10-19(3,4)5)12(2)26-18(24)14(20)8-13-6-7-15(21)16(22)9-13/h6-7,9,11-12,14,21-22H,8,10,20H2,1-5H3/t11?,12-,14-/m0/s1. The molecule has 0 fully saturated rings. The van der Waals surface area contributed by atoms with Gasteiger partial charge in [-0.05, 0) is 43.4 Å². The van der Waals surface area contributed by atoms with Crippen molar-refractivity contribution in [1.29, 1.82) is 0 Å². The number of rotatable bonds is 7. The first kappa shape index (κ1) is 21.8.